The van der Waals surface area contributed by atoms with E-state index in [2.05, 4.69) is 0 Å². The van der Waals surface area contributed by atoms with Crippen LogP contribution in [-0.4, -0.2) is 23.8 Å². The van der Waals surface area contributed by atoms with Crippen molar-refractivity contribution in [2.45, 2.75) is 16.8 Å². The van der Waals surface area contributed by atoms with Gasteiger partial charge in [-0.2, -0.15) is 13.2 Å². The van der Waals surface area contributed by atoms with Crippen LogP contribution >= 0.6 is 23.4 Å². The fourth-order valence-electron chi connectivity index (χ4n) is 1.98. The highest BCUT2D eigenvalue weighted by atomic mass is 35.5. The molecule has 1 aliphatic heterocycles. The average Bonchev–Trinajstić information content (AvgIpc) is 2.69. The lowest BCUT2D eigenvalue weighted by atomic mass is 10.1. The highest BCUT2D eigenvalue weighted by Crippen LogP contribution is 2.38. The topological polar surface area (TPSA) is 20.3 Å². The van der Waals surface area contributed by atoms with Crippen molar-refractivity contribution in [3.8, 4) is 0 Å². The van der Waals surface area contributed by atoms with Crippen molar-refractivity contribution in [3.05, 3.63) is 24.3 Å². The fraction of sp³-hybridized carbons (Fsp3) is 0.417. The minimum atomic E-state index is -4.33. The van der Waals surface area contributed by atoms with E-state index in [-0.39, 0.29) is 28.5 Å². The standard InChI is InChI=1S/C12H11ClF3NOS/c13-6-8-4-11(18)17(7-8)9-2-1-3-10(5-9)19-12(14,15)16/h1-3,5,8H,4,6-7H2. The van der Waals surface area contributed by atoms with Gasteiger partial charge in [-0.1, -0.05) is 6.07 Å². The summed E-state index contributed by atoms with van der Waals surface area (Å²) in [6.07, 6.45) is 0.347. The van der Waals surface area contributed by atoms with Gasteiger partial charge in [0.25, 0.3) is 0 Å². The van der Waals surface area contributed by atoms with E-state index in [1.807, 2.05) is 0 Å². The molecular formula is C12H11ClF3NOS. The summed E-state index contributed by atoms with van der Waals surface area (Å²) in [7, 11) is 0. The SMILES string of the molecule is O=C1CC(CCl)CN1c1cccc(SC(F)(F)F)c1. The van der Waals surface area contributed by atoms with Crippen molar-refractivity contribution in [3.63, 3.8) is 0 Å². The van der Waals surface area contributed by atoms with Gasteiger partial charge < -0.3 is 4.90 Å². The molecule has 7 heteroatoms. The maximum Gasteiger partial charge on any atom is 0.446 e. The lowest BCUT2D eigenvalue weighted by Crippen LogP contribution is -2.24. The number of nitrogens with zero attached hydrogens (tertiary/aromatic N) is 1. The Morgan fingerprint density at radius 2 is 2.16 bits per heavy atom. The van der Waals surface area contributed by atoms with Crippen LogP contribution in [0.1, 0.15) is 6.42 Å². The number of carbonyl (C=O) groups excluding carboxylic acids is 1. The zero-order valence-corrected chi connectivity index (χ0v) is 11.4. The second kappa shape index (κ2) is 5.63. The van der Waals surface area contributed by atoms with Crippen LogP contribution < -0.4 is 4.90 Å². The third-order valence-electron chi connectivity index (χ3n) is 2.79. The van der Waals surface area contributed by atoms with Crippen LogP contribution in [-0.2, 0) is 4.79 Å². The molecule has 1 unspecified atom stereocenters. The maximum atomic E-state index is 12.3. The lowest BCUT2D eigenvalue weighted by molar-refractivity contribution is -0.117. The summed E-state index contributed by atoms with van der Waals surface area (Å²) >= 11 is 5.53. The minimum Gasteiger partial charge on any atom is -0.312 e. The normalized spacial score (nSPS) is 20.1. The highest BCUT2D eigenvalue weighted by molar-refractivity contribution is 8.00. The predicted molar refractivity (Wildman–Crippen MR) is 69.5 cm³/mol. The van der Waals surface area contributed by atoms with Crippen LogP contribution in [0.5, 0.6) is 0 Å². The minimum absolute atomic E-state index is 0.0630. The molecule has 1 atom stereocenters. The molecule has 1 saturated heterocycles. The number of hydrogen-bond donors (Lipinski definition) is 0. The summed E-state index contributed by atoms with van der Waals surface area (Å²) in [4.78, 5) is 13.3. The second-order valence-corrected chi connectivity index (χ2v) is 5.72. The molecule has 1 aromatic rings. The molecule has 0 radical (unpaired) electrons. The highest BCUT2D eigenvalue weighted by Gasteiger charge is 2.32. The molecular weight excluding hydrogens is 299 g/mol. The van der Waals surface area contributed by atoms with Crippen molar-refractivity contribution in [2.24, 2.45) is 5.92 Å². The first-order valence-corrected chi connectivity index (χ1v) is 6.96. The average molecular weight is 310 g/mol. The lowest BCUT2D eigenvalue weighted by Gasteiger charge is -2.17. The fourth-order valence-corrected chi connectivity index (χ4v) is 2.78. The molecule has 0 aromatic heterocycles. The maximum absolute atomic E-state index is 12.3. The van der Waals surface area contributed by atoms with Crippen LogP contribution in [0, 0.1) is 5.92 Å². The Hall–Kier alpha value is -0.880. The first-order chi connectivity index (χ1) is 8.89. The van der Waals surface area contributed by atoms with E-state index in [0.717, 1.165) is 0 Å². The number of thioether (sulfide) groups is 1. The Morgan fingerprint density at radius 3 is 2.74 bits per heavy atom. The molecule has 1 aliphatic rings. The molecule has 1 amide bonds. The Kier molecular flexibility index (Phi) is 4.30. The van der Waals surface area contributed by atoms with Crippen LogP contribution in [0.25, 0.3) is 0 Å². The van der Waals surface area contributed by atoms with Crippen LogP contribution in [0.15, 0.2) is 29.2 Å². The largest absolute Gasteiger partial charge is 0.446 e. The summed E-state index contributed by atoms with van der Waals surface area (Å²) in [5, 5.41) is 0. The van der Waals surface area contributed by atoms with E-state index in [4.69, 9.17) is 11.6 Å². The smallest absolute Gasteiger partial charge is 0.312 e. The van der Waals surface area contributed by atoms with E-state index < -0.39 is 5.51 Å². The first kappa shape index (κ1) is 14.5. The van der Waals surface area contributed by atoms with Crippen molar-refractivity contribution in [1.82, 2.24) is 0 Å². The quantitative estimate of drug-likeness (QED) is 0.623. The van der Waals surface area contributed by atoms with Gasteiger partial charge in [0, 0.05) is 29.4 Å². The van der Waals surface area contributed by atoms with Crippen LogP contribution in [0.4, 0.5) is 18.9 Å². The number of anilines is 1. The summed E-state index contributed by atoms with van der Waals surface area (Å²) in [6.45, 7) is 0.461. The molecule has 0 aliphatic carbocycles. The molecule has 104 valence electrons. The zero-order chi connectivity index (χ0) is 14.0. The summed E-state index contributed by atoms with van der Waals surface area (Å²) in [6, 6.07) is 5.91. The van der Waals surface area contributed by atoms with E-state index in [9.17, 15) is 18.0 Å². The monoisotopic (exact) mass is 309 g/mol. The van der Waals surface area contributed by atoms with E-state index in [1.165, 1.54) is 23.1 Å². The van der Waals surface area contributed by atoms with Crippen molar-refractivity contribution in [1.29, 1.82) is 0 Å². The first-order valence-electron chi connectivity index (χ1n) is 5.61. The number of halogens is 4. The Labute approximate surface area is 117 Å². The Balaban J connectivity index is 2.17. The number of alkyl halides is 4. The van der Waals surface area contributed by atoms with Crippen molar-refractivity contribution < 1.29 is 18.0 Å². The number of amides is 1. The molecule has 2 rings (SSSR count). The Bertz CT molecular complexity index is 480. The van der Waals surface area contributed by atoms with Crippen LogP contribution in [0.2, 0.25) is 0 Å². The molecule has 2 nitrogen and oxygen atoms in total. The summed E-state index contributed by atoms with van der Waals surface area (Å²) in [5.41, 5.74) is -3.83. The number of rotatable bonds is 3. The van der Waals surface area contributed by atoms with Crippen molar-refractivity contribution >= 4 is 35.0 Å². The summed E-state index contributed by atoms with van der Waals surface area (Å²) in [5.74, 6) is 0.340. The molecule has 19 heavy (non-hydrogen) atoms. The van der Waals surface area contributed by atoms with E-state index in [0.29, 0.717) is 24.5 Å². The number of carbonyl (C=O) groups is 1. The van der Waals surface area contributed by atoms with Gasteiger partial charge in [0.1, 0.15) is 0 Å². The molecule has 1 fully saturated rings. The zero-order valence-electron chi connectivity index (χ0n) is 9.78. The van der Waals surface area contributed by atoms with Gasteiger partial charge in [-0.05, 0) is 35.9 Å². The molecule has 0 bridgehead atoms. The van der Waals surface area contributed by atoms with Gasteiger partial charge in [-0.15, -0.1) is 11.6 Å². The Morgan fingerprint density at radius 1 is 1.42 bits per heavy atom. The molecule has 1 aromatic carbocycles. The van der Waals surface area contributed by atoms with Gasteiger partial charge >= 0.3 is 5.51 Å². The van der Waals surface area contributed by atoms with Crippen molar-refractivity contribution in [2.75, 3.05) is 17.3 Å². The molecule has 1 heterocycles. The van der Waals surface area contributed by atoms with Gasteiger partial charge in [0.05, 0.1) is 0 Å². The third kappa shape index (κ3) is 3.79. The number of benzene rings is 1. The van der Waals surface area contributed by atoms with Gasteiger partial charge in [-0.25, -0.2) is 0 Å². The third-order valence-corrected chi connectivity index (χ3v) is 3.94. The predicted octanol–water partition coefficient (Wildman–Crippen LogP) is 3.89. The summed E-state index contributed by atoms with van der Waals surface area (Å²) < 4.78 is 36.9. The molecule has 0 N–H and O–H groups in total. The van der Waals surface area contributed by atoms with Crippen LogP contribution in [0.3, 0.4) is 0 Å². The molecule has 0 saturated carbocycles. The van der Waals surface area contributed by atoms with Gasteiger partial charge in [-0.3, -0.25) is 4.79 Å². The second-order valence-electron chi connectivity index (χ2n) is 4.27. The number of hydrogen-bond acceptors (Lipinski definition) is 2. The van der Waals surface area contributed by atoms with E-state index in [1.54, 1.807) is 6.07 Å². The molecule has 0 spiro atoms. The van der Waals surface area contributed by atoms with Gasteiger partial charge in [0.15, 0.2) is 0 Å². The van der Waals surface area contributed by atoms with Gasteiger partial charge in [0.2, 0.25) is 5.91 Å². The van der Waals surface area contributed by atoms with E-state index >= 15 is 0 Å².